The van der Waals surface area contributed by atoms with Gasteiger partial charge in [0, 0.05) is 26.6 Å². The first kappa shape index (κ1) is 11.0. The standard InChI is InChI=1S/C10H19N3O/c1-4-5-9(8-14-3)13-7-6-12-10(13)11-2/h6-7,9H,4-5,8H2,1-3H3,(H,11,12). The predicted molar refractivity (Wildman–Crippen MR) is 57.6 cm³/mol. The second-order valence-electron chi connectivity index (χ2n) is 3.31. The zero-order chi connectivity index (χ0) is 10.4. The number of rotatable bonds is 6. The highest BCUT2D eigenvalue weighted by atomic mass is 16.5. The minimum Gasteiger partial charge on any atom is -0.383 e. The Morgan fingerprint density at radius 3 is 3.00 bits per heavy atom. The van der Waals surface area contributed by atoms with E-state index in [1.165, 1.54) is 0 Å². The van der Waals surface area contributed by atoms with Crippen LogP contribution in [-0.2, 0) is 4.74 Å². The maximum absolute atomic E-state index is 5.20. The second kappa shape index (κ2) is 5.65. The Morgan fingerprint density at radius 2 is 2.43 bits per heavy atom. The molecule has 1 unspecified atom stereocenters. The highest BCUT2D eigenvalue weighted by Gasteiger charge is 2.12. The van der Waals surface area contributed by atoms with Gasteiger partial charge in [-0.1, -0.05) is 13.3 Å². The summed E-state index contributed by atoms with van der Waals surface area (Å²) in [6.07, 6.45) is 6.06. The number of nitrogens with one attached hydrogen (secondary N) is 1. The Labute approximate surface area is 85.3 Å². The molecule has 1 N–H and O–H groups in total. The molecule has 4 heteroatoms. The number of hydrogen-bond acceptors (Lipinski definition) is 3. The lowest BCUT2D eigenvalue weighted by atomic mass is 10.2. The van der Waals surface area contributed by atoms with Crippen LogP contribution in [0.2, 0.25) is 0 Å². The molecule has 1 rings (SSSR count). The summed E-state index contributed by atoms with van der Waals surface area (Å²) < 4.78 is 7.34. The molecule has 0 aliphatic carbocycles. The number of hydrogen-bond donors (Lipinski definition) is 1. The van der Waals surface area contributed by atoms with Crippen LogP contribution in [0.1, 0.15) is 25.8 Å². The zero-order valence-electron chi connectivity index (χ0n) is 9.16. The largest absolute Gasteiger partial charge is 0.383 e. The second-order valence-corrected chi connectivity index (χ2v) is 3.31. The monoisotopic (exact) mass is 197 g/mol. The molecular weight excluding hydrogens is 178 g/mol. The van der Waals surface area contributed by atoms with E-state index in [1.807, 2.05) is 19.4 Å². The molecule has 0 aliphatic heterocycles. The van der Waals surface area contributed by atoms with Gasteiger partial charge < -0.3 is 14.6 Å². The highest BCUT2D eigenvalue weighted by molar-refractivity contribution is 5.25. The van der Waals surface area contributed by atoms with Crippen LogP contribution in [0.3, 0.4) is 0 Å². The van der Waals surface area contributed by atoms with Gasteiger partial charge in [-0.05, 0) is 6.42 Å². The lowest BCUT2D eigenvalue weighted by Crippen LogP contribution is -2.15. The van der Waals surface area contributed by atoms with E-state index in [0.29, 0.717) is 6.04 Å². The molecule has 0 spiro atoms. The molecule has 1 aromatic heterocycles. The molecule has 0 fully saturated rings. The fraction of sp³-hybridized carbons (Fsp3) is 0.700. The first-order chi connectivity index (χ1) is 6.83. The van der Waals surface area contributed by atoms with Gasteiger partial charge in [0.05, 0.1) is 12.6 Å². The van der Waals surface area contributed by atoms with Crippen LogP contribution in [-0.4, -0.2) is 30.3 Å². The number of imidazole rings is 1. The van der Waals surface area contributed by atoms with Crippen LogP contribution < -0.4 is 5.32 Å². The minimum atomic E-state index is 0.384. The third kappa shape index (κ3) is 2.48. The van der Waals surface area contributed by atoms with Crippen molar-refractivity contribution < 1.29 is 4.74 Å². The van der Waals surface area contributed by atoms with Gasteiger partial charge in [-0.2, -0.15) is 0 Å². The molecule has 1 aromatic rings. The van der Waals surface area contributed by atoms with Gasteiger partial charge in [-0.3, -0.25) is 0 Å². The Hall–Kier alpha value is -1.03. The average Bonchev–Trinajstić information content (AvgIpc) is 2.65. The summed E-state index contributed by atoms with van der Waals surface area (Å²) in [5.41, 5.74) is 0. The summed E-state index contributed by atoms with van der Waals surface area (Å²) in [7, 11) is 3.62. The number of methoxy groups -OCH3 is 1. The number of ether oxygens (including phenoxy) is 1. The highest BCUT2D eigenvalue weighted by Crippen LogP contribution is 2.18. The molecule has 80 valence electrons. The predicted octanol–water partition coefficient (Wildman–Crippen LogP) is 1.91. The normalized spacial score (nSPS) is 12.8. The van der Waals surface area contributed by atoms with Gasteiger partial charge in [0.15, 0.2) is 0 Å². The Morgan fingerprint density at radius 1 is 1.64 bits per heavy atom. The van der Waals surface area contributed by atoms with E-state index in [-0.39, 0.29) is 0 Å². The lowest BCUT2D eigenvalue weighted by molar-refractivity contribution is 0.151. The quantitative estimate of drug-likeness (QED) is 0.757. The van der Waals surface area contributed by atoms with Crippen molar-refractivity contribution in [3.05, 3.63) is 12.4 Å². The molecule has 0 bridgehead atoms. The molecule has 0 aromatic carbocycles. The van der Waals surface area contributed by atoms with E-state index in [4.69, 9.17) is 4.74 Å². The first-order valence-electron chi connectivity index (χ1n) is 5.03. The van der Waals surface area contributed by atoms with E-state index in [9.17, 15) is 0 Å². The summed E-state index contributed by atoms with van der Waals surface area (Å²) in [5.74, 6) is 0.903. The Kier molecular flexibility index (Phi) is 4.46. The lowest BCUT2D eigenvalue weighted by Gasteiger charge is -2.18. The maximum Gasteiger partial charge on any atom is 0.202 e. The summed E-state index contributed by atoms with van der Waals surface area (Å²) in [4.78, 5) is 4.22. The number of aromatic nitrogens is 2. The van der Waals surface area contributed by atoms with Gasteiger partial charge >= 0.3 is 0 Å². The van der Waals surface area contributed by atoms with E-state index >= 15 is 0 Å². The van der Waals surface area contributed by atoms with Crippen molar-refractivity contribution in [2.75, 3.05) is 26.1 Å². The number of nitrogens with zero attached hydrogens (tertiary/aromatic N) is 2. The van der Waals surface area contributed by atoms with Gasteiger partial charge in [-0.15, -0.1) is 0 Å². The molecule has 14 heavy (non-hydrogen) atoms. The first-order valence-corrected chi connectivity index (χ1v) is 5.03. The van der Waals surface area contributed by atoms with E-state index < -0.39 is 0 Å². The molecule has 0 amide bonds. The molecule has 4 nitrogen and oxygen atoms in total. The number of anilines is 1. The van der Waals surface area contributed by atoms with Crippen molar-refractivity contribution in [2.45, 2.75) is 25.8 Å². The summed E-state index contributed by atoms with van der Waals surface area (Å²) in [6, 6.07) is 0.384. The molecular formula is C10H19N3O. The van der Waals surface area contributed by atoms with Gasteiger partial charge in [0.25, 0.3) is 0 Å². The third-order valence-corrected chi connectivity index (χ3v) is 2.27. The van der Waals surface area contributed by atoms with Crippen molar-refractivity contribution in [1.82, 2.24) is 9.55 Å². The SMILES string of the molecule is CCCC(COC)n1ccnc1NC. The fourth-order valence-electron chi connectivity index (χ4n) is 1.63. The summed E-state index contributed by atoms with van der Waals surface area (Å²) in [6.45, 7) is 2.91. The van der Waals surface area contributed by atoms with Gasteiger partial charge in [-0.25, -0.2) is 4.98 Å². The molecule has 0 saturated carbocycles. The van der Waals surface area contributed by atoms with Crippen molar-refractivity contribution in [3.8, 4) is 0 Å². The van der Waals surface area contributed by atoms with Crippen molar-refractivity contribution >= 4 is 5.95 Å². The summed E-state index contributed by atoms with van der Waals surface area (Å²) >= 11 is 0. The van der Waals surface area contributed by atoms with E-state index in [2.05, 4.69) is 21.8 Å². The van der Waals surface area contributed by atoms with Gasteiger partial charge in [0.1, 0.15) is 0 Å². The van der Waals surface area contributed by atoms with E-state index in [1.54, 1.807) is 7.11 Å². The Balaban J connectivity index is 2.75. The minimum absolute atomic E-state index is 0.384. The zero-order valence-corrected chi connectivity index (χ0v) is 9.16. The van der Waals surface area contributed by atoms with Crippen LogP contribution in [0.5, 0.6) is 0 Å². The third-order valence-electron chi connectivity index (χ3n) is 2.27. The van der Waals surface area contributed by atoms with Gasteiger partial charge in [0.2, 0.25) is 5.95 Å². The molecule has 0 radical (unpaired) electrons. The van der Waals surface area contributed by atoms with Crippen LogP contribution >= 0.6 is 0 Å². The smallest absolute Gasteiger partial charge is 0.202 e. The average molecular weight is 197 g/mol. The molecule has 0 aliphatic rings. The molecule has 1 heterocycles. The van der Waals surface area contributed by atoms with Crippen LogP contribution in [0.25, 0.3) is 0 Å². The van der Waals surface area contributed by atoms with Crippen LogP contribution in [0, 0.1) is 0 Å². The molecule has 1 atom stereocenters. The van der Waals surface area contributed by atoms with Crippen molar-refractivity contribution in [2.24, 2.45) is 0 Å². The van der Waals surface area contributed by atoms with Crippen LogP contribution in [0.15, 0.2) is 12.4 Å². The van der Waals surface area contributed by atoms with E-state index in [0.717, 1.165) is 25.4 Å². The summed E-state index contributed by atoms with van der Waals surface area (Å²) in [5, 5.41) is 3.07. The fourth-order valence-corrected chi connectivity index (χ4v) is 1.63. The molecule has 0 saturated heterocycles. The maximum atomic E-state index is 5.20. The Bertz CT molecular complexity index is 254. The van der Waals surface area contributed by atoms with Crippen molar-refractivity contribution in [3.63, 3.8) is 0 Å². The topological polar surface area (TPSA) is 39.1 Å². The van der Waals surface area contributed by atoms with Crippen molar-refractivity contribution in [1.29, 1.82) is 0 Å². The van der Waals surface area contributed by atoms with Crippen LogP contribution in [0.4, 0.5) is 5.95 Å².